The van der Waals surface area contributed by atoms with Gasteiger partial charge in [0.15, 0.2) is 18.3 Å². The van der Waals surface area contributed by atoms with Gasteiger partial charge in [0.1, 0.15) is 23.7 Å². The monoisotopic (exact) mass is 524 g/mol. The maximum Gasteiger partial charge on any atom is 0.344 e. The van der Waals surface area contributed by atoms with Crippen molar-refractivity contribution >= 4 is 26.9 Å². The fraction of sp³-hybridized carbons (Fsp3) is 0.192. The fourth-order valence-electron chi connectivity index (χ4n) is 3.91. The minimum absolute atomic E-state index is 0.213. The van der Waals surface area contributed by atoms with Gasteiger partial charge in [-0.2, -0.15) is 0 Å². The van der Waals surface area contributed by atoms with Crippen molar-refractivity contribution in [3.63, 3.8) is 0 Å². The van der Waals surface area contributed by atoms with Crippen LogP contribution in [-0.2, 0) is 18.0 Å². The summed E-state index contributed by atoms with van der Waals surface area (Å²) in [6.45, 7) is 0.998. The van der Waals surface area contributed by atoms with Crippen LogP contribution in [0, 0.1) is 0 Å². The maximum absolute atomic E-state index is 12.8. The zero-order valence-corrected chi connectivity index (χ0v) is 20.1. The minimum atomic E-state index is -0.452. The molecule has 2 heterocycles. The zero-order chi connectivity index (χ0) is 23.7. The van der Waals surface area contributed by atoms with Gasteiger partial charge in [0, 0.05) is 27.1 Å². The molecule has 0 radical (unpaired) electrons. The Bertz CT molecular complexity index is 1430. The Morgan fingerprint density at radius 3 is 2.65 bits per heavy atom. The number of hydrogen-bond donors (Lipinski definition) is 0. The second-order valence-corrected chi connectivity index (χ2v) is 8.59. The molecule has 1 aliphatic rings. The van der Waals surface area contributed by atoms with Gasteiger partial charge in [0.25, 0.3) is 0 Å². The van der Waals surface area contributed by atoms with E-state index < -0.39 is 5.63 Å². The first-order chi connectivity index (χ1) is 16.6. The second kappa shape index (κ2) is 9.40. The van der Waals surface area contributed by atoms with Gasteiger partial charge >= 0.3 is 5.63 Å². The van der Waals surface area contributed by atoms with Crippen LogP contribution in [0.15, 0.2) is 68.3 Å². The number of methoxy groups -OCH3 is 2. The van der Waals surface area contributed by atoms with Crippen LogP contribution >= 0.6 is 15.9 Å². The standard InChI is InChI=1S/C26H21BrO7/c1-29-22-6-4-15(10-24(22)30-2)21-9-16-3-5-20(11-23(16)34-26(21)28)32-13-18-8-19(27)7-17-12-31-14-33-25(17)18/h3-11H,12-14H2,1-2H3. The van der Waals surface area contributed by atoms with Gasteiger partial charge in [-0.25, -0.2) is 4.79 Å². The molecular formula is C26H21BrO7. The highest BCUT2D eigenvalue weighted by Crippen LogP contribution is 2.34. The zero-order valence-electron chi connectivity index (χ0n) is 18.6. The van der Waals surface area contributed by atoms with E-state index in [-0.39, 0.29) is 6.79 Å². The minimum Gasteiger partial charge on any atom is -0.493 e. The quantitative estimate of drug-likeness (QED) is 0.300. The molecule has 5 rings (SSSR count). The van der Waals surface area contributed by atoms with Gasteiger partial charge in [-0.05, 0) is 48.0 Å². The Balaban J connectivity index is 1.42. The first-order valence-corrected chi connectivity index (χ1v) is 11.3. The Labute approximate surface area is 203 Å². The molecule has 8 heteroatoms. The van der Waals surface area contributed by atoms with E-state index in [1.807, 2.05) is 24.3 Å². The fourth-order valence-corrected chi connectivity index (χ4v) is 4.46. The lowest BCUT2D eigenvalue weighted by Gasteiger charge is -2.21. The van der Waals surface area contributed by atoms with Crippen LogP contribution in [0.1, 0.15) is 11.1 Å². The average Bonchev–Trinajstić information content (AvgIpc) is 2.86. The van der Waals surface area contributed by atoms with E-state index in [9.17, 15) is 4.79 Å². The lowest BCUT2D eigenvalue weighted by molar-refractivity contribution is -0.0176. The highest BCUT2D eigenvalue weighted by atomic mass is 79.9. The smallest absolute Gasteiger partial charge is 0.344 e. The largest absolute Gasteiger partial charge is 0.493 e. The Kier molecular flexibility index (Phi) is 6.17. The Hall–Kier alpha value is -3.49. The van der Waals surface area contributed by atoms with Crippen molar-refractivity contribution in [3.8, 4) is 34.1 Å². The van der Waals surface area contributed by atoms with Crippen LogP contribution in [0.3, 0.4) is 0 Å². The number of benzene rings is 3. The number of fused-ring (bicyclic) bond motifs is 2. The lowest BCUT2D eigenvalue weighted by atomic mass is 10.1. The van der Waals surface area contributed by atoms with Gasteiger partial charge in [0.2, 0.25) is 0 Å². The summed E-state index contributed by atoms with van der Waals surface area (Å²) in [5, 5.41) is 0.775. The lowest BCUT2D eigenvalue weighted by Crippen LogP contribution is -2.14. The van der Waals surface area contributed by atoms with Crippen LogP contribution in [0.2, 0.25) is 0 Å². The van der Waals surface area contributed by atoms with Crippen molar-refractivity contribution in [1.82, 2.24) is 0 Å². The third-order valence-electron chi connectivity index (χ3n) is 5.55. The third kappa shape index (κ3) is 4.34. The predicted molar refractivity (Wildman–Crippen MR) is 130 cm³/mol. The molecule has 0 aliphatic carbocycles. The van der Waals surface area contributed by atoms with Crippen LogP contribution in [-0.4, -0.2) is 21.0 Å². The van der Waals surface area contributed by atoms with Gasteiger partial charge in [-0.15, -0.1) is 0 Å². The molecule has 0 saturated heterocycles. The van der Waals surface area contributed by atoms with Crippen LogP contribution in [0.4, 0.5) is 0 Å². The van der Waals surface area contributed by atoms with Gasteiger partial charge in [-0.1, -0.05) is 22.0 Å². The first-order valence-electron chi connectivity index (χ1n) is 10.5. The van der Waals surface area contributed by atoms with E-state index in [1.165, 1.54) is 0 Å². The summed E-state index contributed by atoms with van der Waals surface area (Å²) in [5.41, 5.74) is 2.96. The molecule has 174 valence electrons. The second-order valence-electron chi connectivity index (χ2n) is 7.67. The van der Waals surface area contributed by atoms with Crippen molar-refractivity contribution in [2.75, 3.05) is 21.0 Å². The summed E-state index contributed by atoms with van der Waals surface area (Å²) >= 11 is 3.52. The van der Waals surface area contributed by atoms with Crippen LogP contribution < -0.4 is 24.6 Å². The molecule has 0 saturated carbocycles. The molecule has 7 nitrogen and oxygen atoms in total. The maximum atomic E-state index is 12.8. The number of halogens is 1. The molecule has 3 aromatic carbocycles. The van der Waals surface area contributed by atoms with Crippen molar-refractivity contribution in [2.45, 2.75) is 13.2 Å². The van der Waals surface area contributed by atoms with E-state index in [4.69, 9.17) is 28.1 Å². The van der Waals surface area contributed by atoms with E-state index >= 15 is 0 Å². The summed E-state index contributed by atoms with van der Waals surface area (Å²) in [7, 11) is 3.12. The molecule has 0 spiro atoms. The average molecular weight is 525 g/mol. The molecule has 0 fully saturated rings. The van der Waals surface area contributed by atoms with Crippen molar-refractivity contribution in [3.05, 3.63) is 80.6 Å². The highest BCUT2D eigenvalue weighted by Gasteiger charge is 2.17. The predicted octanol–water partition coefficient (Wildman–Crippen LogP) is 5.69. The Morgan fingerprint density at radius 1 is 0.971 bits per heavy atom. The molecule has 0 N–H and O–H groups in total. The molecule has 1 aliphatic heterocycles. The molecule has 0 amide bonds. The third-order valence-corrected chi connectivity index (χ3v) is 6.01. The van der Waals surface area contributed by atoms with Gasteiger partial charge in [0.05, 0.1) is 26.4 Å². The van der Waals surface area contributed by atoms with E-state index in [0.29, 0.717) is 47.2 Å². The molecular weight excluding hydrogens is 504 g/mol. The molecule has 34 heavy (non-hydrogen) atoms. The number of rotatable bonds is 6. The van der Waals surface area contributed by atoms with Crippen LogP contribution in [0.5, 0.6) is 23.0 Å². The molecule has 0 bridgehead atoms. The number of ether oxygens (including phenoxy) is 5. The topological polar surface area (TPSA) is 76.4 Å². The van der Waals surface area contributed by atoms with E-state index in [2.05, 4.69) is 15.9 Å². The van der Waals surface area contributed by atoms with E-state index in [1.54, 1.807) is 44.6 Å². The van der Waals surface area contributed by atoms with Crippen molar-refractivity contribution < 1.29 is 28.1 Å². The molecule has 0 unspecified atom stereocenters. The molecule has 4 aromatic rings. The van der Waals surface area contributed by atoms with E-state index in [0.717, 1.165) is 26.7 Å². The summed E-state index contributed by atoms with van der Waals surface area (Å²) in [4.78, 5) is 12.8. The molecule has 1 aromatic heterocycles. The summed E-state index contributed by atoms with van der Waals surface area (Å²) < 4.78 is 34.2. The van der Waals surface area contributed by atoms with Gasteiger partial charge < -0.3 is 28.1 Å². The van der Waals surface area contributed by atoms with Gasteiger partial charge in [-0.3, -0.25) is 0 Å². The molecule has 0 atom stereocenters. The van der Waals surface area contributed by atoms with Crippen molar-refractivity contribution in [2.24, 2.45) is 0 Å². The Morgan fingerprint density at radius 2 is 1.82 bits per heavy atom. The normalized spacial score (nSPS) is 12.7. The van der Waals surface area contributed by atoms with Crippen LogP contribution in [0.25, 0.3) is 22.1 Å². The van der Waals surface area contributed by atoms with Crippen molar-refractivity contribution in [1.29, 1.82) is 0 Å². The summed E-state index contributed by atoms with van der Waals surface area (Å²) in [6, 6.07) is 16.4. The summed E-state index contributed by atoms with van der Waals surface area (Å²) in [6.07, 6.45) is 0. The first kappa shape index (κ1) is 22.3. The highest BCUT2D eigenvalue weighted by molar-refractivity contribution is 9.10. The number of hydrogen-bond acceptors (Lipinski definition) is 7. The SMILES string of the molecule is COc1ccc(-c2cc3ccc(OCc4cc(Br)cc5c4OCOC5)cc3oc2=O)cc1OC. The summed E-state index contributed by atoms with van der Waals surface area (Å²) in [5.74, 6) is 2.48.